The van der Waals surface area contributed by atoms with Gasteiger partial charge in [-0.25, -0.2) is 4.79 Å². The zero-order chi connectivity index (χ0) is 17.5. The molecular formula is C16H19F2NO5. The molecule has 2 unspecified atom stereocenters. The molecule has 132 valence electrons. The van der Waals surface area contributed by atoms with Crippen molar-refractivity contribution in [2.24, 2.45) is 5.92 Å². The number of hydrogen-bond acceptors (Lipinski definition) is 4. The second kappa shape index (κ2) is 8.58. The molecule has 1 heterocycles. The summed E-state index contributed by atoms with van der Waals surface area (Å²) in [6.07, 6.45) is 1.12. The maximum Gasteiger partial charge on any atom is 0.387 e. The highest BCUT2D eigenvalue weighted by Crippen LogP contribution is 2.22. The first-order valence-corrected chi connectivity index (χ1v) is 7.60. The van der Waals surface area contributed by atoms with Gasteiger partial charge >= 0.3 is 12.6 Å². The van der Waals surface area contributed by atoms with Crippen molar-refractivity contribution in [2.75, 3.05) is 13.2 Å². The third-order valence-corrected chi connectivity index (χ3v) is 3.79. The molecular weight excluding hydrogens is 324 g/mol. The number of para-hydroxylation sites is 1. The highest BCUT2D eigenvalue weighted by atomic mass is 19.3. The Balaban J connectivity index is 2.02. The van der Waals surface area contributed by atoms with Crippen LogP contribution in [0.4, 0.5) is 8.78 Å². The predicted molar refractivity (Wildman–Crippen MR) is 79.9 cm³/mol. The quantitative estimate of drug-likeness (QED) is 0.789. The Kier molecular flexibility index (Phi) is 6.48. The van der Waals surface area contributed by atoms with Crippen LogP contribution in [0.15, 0.2) is 24.3 Å². The third kappa shape index (κ3) is 5.16. The minimum Gasteiger partial charge on any atom is -0.480 e. The number of alkyl halides is 2. The summed E-state index contributed by atoms with van der Waals surface area (Å²) < 4.78 is 34.4. The molecule has 1 aromatic rings. The lowest BCUT2D eigenvalue weighted by Crippen LogP contribution is -2.48. The molecule has 1 fully saturated rings. The smallest absolute Gasteiger partial charge is 0.387 e. The first kappa shape index (κ1) is 18.1. The number of amides is 1. The summed E-state index contributed by atoms with van der Waals surface area (Å²) >= 11 is 0. The zero-order valence-electron chi connectivity index (χ0n) is 12.9. The molecule has 2 rings (SSSR count). The molecule has 1 aromatic carbocycles. The Labute approximate surface area is 137 Å². The van der Waals surface area contributed by atoms with Crippen LogP contribution in [0.2, 0.25) is 0 Å². The monoisotopic (exact) mass is 343 g/mol. The Bertz CT molecular complexity index is 575. The predicted octanol–water partition coefficient (Wildman–Crippen LogP) is 1.83. The molecule has 2 atom stereocenters. The molecule has 6 nitrogen and oxygen atoms in total. The van der Waals surface area contributed by atoms with Crippen LogP contribution in [0.25, 0.3) is 0 Å². The minimum atomic E-state index is -3.00. The van der Waals surface area contributed by atoms with E-state index in [4.69, 9.17) is 4.74 Å². The summed E-state index contributed by atoms with van der Waals surface area (Å²) in [5.74, 6) is -2.13. The molecule has 1 amide bonds. The maximum absolute atomic E-state index is 12.4. The van der Waals surface area contributed by atoms with Gasteiger partial charge in [0, 0.05) is 18.1 Å². The molecule has 2 N–H and O–H groups in total. The zero-order valence-corrected chi connectivity index (χ0v) is 12.9. The van der Waals surface area contributed by atoms with Crippen LogP contribution in [0.5, 0.6) is 5.75 Å². The number of hydrogen-bond donors (Lipinski definition) is 2. The number of carbonyl (C=O) groups excluding carboxylic acids is 1. The van der Waals surface area contributed by atoms with Crippen LogP contribution >= 0.6 is 0 Å². The van der Waals surface area contributed by atoms with Gasteiger partial charge in [0.2, 0.25) is 5.91 Å². The largest absolute Gasteiger partial charge is 0.480 e. The average molecular weight is 343 g/mol. The molecule has 24 heavy (non-hydrogen) atoms. The van der Waals surface area contributed by atoms with E-state index in [9.17, 15) is 23.5 Å². The van der Waals surface area contributed by atoms with Crippen molar-refractivity contribution < 1.29 is 33.0 Å². The van der Waals surface area contributed by atoms with E-state index >= 15 is 0 Å². The number of carbonyl (C=O) groups is 2. The number of aliphatic carboxylic acids is 1. The summed E-state index contributed by atoms with van der Waals surface area (Å²) in [6, 6.07) is 4.85. The van der Waals surface area contributed by atoms with E-state index < -0.39 is 24.5 Å². The van der Waals surface area contributed by atoms with Crippen molar-refractivity contribution in [3.8, 4) is 5.75 Å². The molecule has 0 radical (unpaired) electrons. The lowest BCUT2D eigenvalue weighted by atomic mass is 9.93. The fraction of sp³-hybridized carbons (Fsp3) is 0.500. The van der Waals surface area contributed by atoms with E-state index in [2.05, 4.69) is 10.1 Å². The van der Waals surface area contributed by atoms with Crippen LogP contribution in [0, 0.1) is 5.92 Å². The van der Waals surface area contributed by atoms with Crippen molar-refractivity contribution in [2.45, 2.75) is 31.9 Å². The Hall–Kier alpha value is -2.22. The van der Waals surface area contributed by atoms with Gasteiger partial charge in [-0.15, -0.1) is 0 Å². The number of ether oxygens (including phenoxy) is 2. The number of halogens is 2. The van der Waals surface area contributed by atoms with Crippen molar-refractivity contribution in [3.63, 3.8) is 0 Å². The number of nitrogens with one attached hydrogen (secondary N) is 1. The molecule has 1 aliphatic heterocycles. The second-order valence-electron chi connectivity index (χ2n) is 5.52. The van der Waals surface area contributed by atoms with Gasteiger partial charge in [-0.2, -0.15) is 8.78 Å². The van der Waals surface area contributed by atoms with E-state index in [0.717, 1.165) is 6.42 Å². The highest BCUT2D eigenvalue weighted by Gasteiger charge is 2.31. The van der Waals surface area contributed by atoms with Crippen molar-refractivity contribution in [1.29, 1.82) is 0 Å². The van der Waals surface area contributed by atoms with Gasteiger partial charge in [-0.1, -0.05) is 18.2 Å². The molecule has 0 spiro atoms. The summed E-state index contributed by atoms with van der Waals surface area (Å²) in [7, 11) is 0. The highest BCUT2D eigenvalue weighted by molar-refractivity contribution is 5.85. The van der Waals surface area contributed by atoms with Crippen LogP contribution in [0.3, 0.4) is 0 Å². The SMILES string of the molecule is O=C(Cc1ccccc1OC(F)F)NC(C(=O)O)C1CCCOC1. The summed E-state index contributed by atoms with van der Waals surface area (Å²) in [6.45, 7) is -2.15. The maximum atomic E-state index is 12.4. The number of carboxylic acid groups (broad SMARTS) is 1. The fourth-order valence-corrected chi connectivity index (χ4v) is 2.67. The van der Waals surface area contributed by atoms with Gasteiger partial charge in [0.05, 0.1) is 13.0 Å². The molecule has 8 heteroatoms. The van der Waals surface area contributed by atoms with E-state index in [1.165, 1.54) is 18.2 Å². The molecule has 0 saturated carbocycles. The third-order valence-electron chi connectivity index (χ3n) is 3.79. The second-order valence-corrected chi connectivity index (χ2v) is 5.52. The number of carboxylic acids is 1. The lowest BCUT2D eigenvalue weighted by Gasteiger charge is -2.28. The normalized spacial score (nSPS) is 18.9. The Morgan fingerprint density at radius 2 is 2.12 bits per heavy atom. The first-order valence-electron chi connectivity index (χ1n) is 7.60. The van der Waals surface area contributed by atoms with E-state index in [1.807, 2.05) is 0 Å². The van der Waals surface area contributed by atoms with E-state index in [-0.39, 0.29) is 30.3 Å². The summed E-state index contributed by atoms with van der Waals surface area (Å²) in [4.78, 5) is 23.6. The van der Waals surface area contributed by atoms with Gasteiger partial charge in [-0.05, 0) is 18.9 Å². The number of rotatable bonds is 7. The minimum absolute atomic E-state index is 0.101. The summed E-state index contributed by atoms with van der Waals surface area (Å²) in [5, 5.41) is 11.8. The topological polar surface area (TPSA) is 84.9 Å². The van der Waals surface area contributed by atoms with Crippen LogP contribution in [-0.2, 0) is 20.7 Å². The van der Waals surface area contributed by atoms with Crippen molar-refractivity contribution in [3.05, 3.63) is 29.8 Å². The molecule has 0 aromatic heterocycles. The van der Waals surface area contributed by atoms with Gasteiger partial charge in [-0.3, -0.25) is 4.79 Å². The molecule has 1 aliphatic rings. The van der Waals surface area contributed by atoms with E-state index in [0.29, 0.717) is 13.0 Å². The standard InChI is InChI=1S/C16H19F2NO5/c17-16(18)24-12-6-2-1-4-10(12)8-13(20)19-14(15(21)22)11-5-3-7-23-9-11/h1-2,4,6,11,14,16H,3,5,7-9H2,(H,19,20)(H,21,22). The molecule has 0 aliphatic carbocycles. The fourth-order valence-electron chi connectivity index (χ4n) is 2.67. The molecule has 1 saturated heterocycles. The van der Waals surface area contributed by atoms with E-state index in [1.54, 1.807) is 6.07 Å². The van der Waals surface area contributed by atoms with Crippen molar-refractivity contribution in [1.82, 2.24) is 5.32 Å². The Morgan fingerprint density at radius 1 is 1.38 bits per heavy atom. The van der Waals surface area contributed by atoms with Gasteiger partial charge in [0.1, 0.15) is 11.8 Å². The van der Waals surface area contributed by atoms with Gasteiger partial charge in [0.15, 0.2) is 0 Å². The number of benzene rings is 1. The van der Waals surface area contributed by atoms with Crippen molar-refractivity contribution >= 4 is 11.9 Å². The lowest BCUT2D eigenvalue weighted by molar-refractivity contribution is -0.145. The van der Waals surface area contributed by atoms with Crippen LogP contribution in [0.1, 0.15) is 18.4 Å². The molecule has 0 bridgehead atoms. The van der Waals surface area contributed by atoms with Gasteiger partial charge in [0.25, 0.3) is 0 Å². The van der Waals surface area contributed by atoms with Crippen LogP contribution in [-0.4, -0.2) is 42.9 Å². The average Bonchev–Trinajstić information content (AvgIpc) is 2.54. The first-order chi connectivity index (χ1) is 11.5. The Morgan fingerprint density at radius 3 is 2.75 bits per heavy atom. The summed E-state index contributed by atoms with van der Waals surface area (Å²) in [5.41, 5.74) is 0.263. The van der Waals surface area contributed by atoms with Crippen LogP contribution < -0.4 is 10.1 Å². The van der Waals surface area contributed by atoms with Gasteiger partial charge < -0.3 is 19.9 Å².